The van der Waals surface area contributed by atoms with Crippen LogP contribution in [0.25, 0.3) is 0 Å². The van der Waals surface area contributed by atoms with Gasteiger partial charge in [-0.1, -0.05) is 0 Å². The number of amides is 2. The highest BCUT2D eigenvalue weighted by atomic mass is 16.2. The van der Waals surface area contributed by atoms with E-state index in [0.717, 1.165) is 0 Å². The molecule has 0 atom stereocenters. The first-order valence-corrected chi connectivity index (χ1v) is 8.59. The number of carbonyl (C=O) groups is 5. The number of ketones is 4. The van der Waals surface area contributed by atoms with Gasteiger partial charge in [0.1, 0.15) is 11.1 Å². The van der Waals surface area contributed by atoms with Crippen LogP contribution in [0.2, 0.25) is 0 Å². The summed E-state index contributed by atoms with van der Waals surface area (Å²) in [5.41, 5.74) is 0.127. The topological polar surface area (TPSA) is 150 Å². The summed E-state index contributed by atoms with van der Waals surface area (Å²) in [5.74, 6) is -2.48. The molecule has 2 aliphatic carbocycles. The van der Waals surface area contributed by atoms with Crippen molar-refractivity contribution >= 4 is 40.5 Å². The van der Waals surface area contributed by atoms with E-state index in [2.05, 4.69) is 10.6 Å². The quantitative estimate of drug-likeness (QED) is 0.341. The molecule has 4 N–H and O–H groups in total. The lowest BCUT2D eigenvalue weighted by molar-refractivity contribution is 0.0968. The standard InChI is InChI=1S/C21H12N2O7/c24-7-15-17(26)11-3-1-9(5-13(11)19(15)28)22-21(30)23-10-2-4-12-14(6-10)20(29)16(8-25)18(12)27/h1-8,24-25H,(H2,22,23,30)/b15-7-,16-8-. The smallest absolute Gasteiger partial charge is 0.323 e. The molecule has 4 rings (SSSR count). The SMILES string of the molecule is O=C(Nc1ccc2c(c1)C(=O)/C(=C\O)C2=O)Nc1ccc2c(c1)C(=O)/C(=C\O)C2=O. The predicted molar refractivity (Wildman–Crippen MR) is 104 cm³/mol. The average molecular weight is 404 g/mol. The lowest BCUT2D eigenvalue weighted by Gasteiger charge is -2.09. The Hall–Kier alpha value is -4.53. The summed E-state index contributed by atoms with van der Waals surface area (Å²) in [7, 11) is 0. The van der Waals surface area contributed by atoms with Gasteiger partial charge in [0.05, 0.1) is 12.5 Å². The largest absolute Gasteiger partial charge is 0.515 e. The van der Waals surface area contributed by atoms with Crippen LogP contribution in [0.5, 0.6) is 0 Å². The molecule has 0 spiro atoms. The number of aliphatic hydroxyl groups excluding tert-OH is 2. The van der Waals surface area contributed by atoms with E-state index in [-0.39, 0.29) is 44.8 Å². The Balaban J connectivity index is 1.53. The Kier molecular flexibility index (Phi) is 4.27. The molecule has 0 aliphatic heterocycles. The van der Waals surface area contributed by atoms with Gasteiger partial charge in [0, 0.05) is 33.6 Å². The van der Waals surface area contributed by atoms with Crippen molar-refractivity contribution in [3.8, 4) is 0 Å². The number of hydrogen-bond acceptors (Lipinski definition) is 7. The van der Waals surface area contributed by atoms with Gasteiger partial charge in [-0.2, -0.15) is 0 Å². The lowest BCUT2D eigenvalue weighted by atomic mass is 10.1. The Morgan fingerprint density at radius 1 is 0.633 bits per heavy atom. The number of hydrogen-bond donors (Lipinski definition) is 4. The minimum absolute atomic E-state index is 0.0584. The Bertz CT molecular complexity index is 1160. The van der Waals surface area contributed by atoms with Gasteiger partial charge in [-0.05, 0) is 36.4 Å². The van der Waals surface area contributed by atoms with Crippen LogP contribution >= 0.6 is 0 Å². The van der Waals surface area contributed by atoms with Crippen LogP contribution < -0.4 is 10.6 Å². The van der Waals surface area contributed by atoms with E-state index in [1.807, 2.05) is 0 Å². The number of carbonyl (C=O) groups excluding carboxylic acids is 5. The van der Waals surface area contributed by atoms with Crippen molar-refractivity contribution in [2.24, 2.45) is 0 Å². The first-order valence-electron chi connectivity index (χ1n) is 8.59. The van der Waals surface area contributed by atoms with Gasteiger partial charge in [-0.25, -0.2) is 4.79 Å². The highest BCUT2D eigenvalue weighted by Gasteiger charge is 2.34. The molecule has 0 fully saturated rings. The summed E-state index contributed by atoms with van der Waals surface area (Å²) in [4.78, 5) is 60.5. The molecule has 0 saturated carbocycles. The number of fused-ring (bicyclic) bond motifs is 2. The van der Waals surface area contributed by atoms with Gasteiger partial charge in [-0.15, -0.1) is 0 Å². The maximum absolute atomic E-state index is 12.3. The first kappa shape index (κ1) is 18.8. The van der Waals surface area contributed by atoms with Crippen molar-refractivity contribution in [1.82, 2.24) is 0 Å². The second-order valence-electron chi connectivity index (χ2n) is 6.50. The Labute approximate surface area is 168 Å². The third kappa shape index (κ3) is 2.76. The van der Waals surface area contributed by atoms with E-state index in [0.29, 0.717) is 12.5 Å². The third-order valence-electron chi connectivity index (χ3n) is 4.77. The average Bonchev–Trinajstić information content (AvgIpc) is 3.11. The fraction of sp³-hybridized carbons (Fsp3) is 0. The second kappa shape index (κ2) is 6.82. The maximum Gasteiger partial charge on any atom is 0.323 e. The summed E-state index contributed by atoms with van der Waals surface area (Å²) in [6.45, 7) is 0. The van der Waals surface area contributed by atoms with Gasteiger partial charge >= 0.3 is 6.03 Å². The van der Waals surface area contributed by atoms with E-state index in [1.54, 1.807) is 0 Å². The molecule has 0 radical (unpaired) electrons. The van der Waals surface area contributed by atoms with Gasteiger partial charge in [0.25, 0.3) is 0 Å². The number of aliphatic hydroxyl groups is 2. The fourth-order valence-electron chi connectivity index (χ4n) is 3.33. The molecule has 0 heterocycles. The second-order valence-corrected chi connectivity index (χ2v) is 6.50. The van der Waals surface area contributed by atoms with E-state index >= 15 is 0 Å². The summed E-state index contributed by atoms with van der Waals surface area (Å²) in [5, 5.41) is 23.1. The molecule has 9 heteroatoms. The summed E-state index contributed by atoms with van der Waals surface area (Å²) in [6.07, 6.45) is 0.920. The number of anilines is 2. The van der Waals surface area contributed by atoms with Crippen LogP contribution in [0.4, 0.5) is 16.2 Å². The van der Waals surface area contributed by atoms with Crippen LogP contribution in [0, 0.1) is 0 Å². The van der Waals surface area contributed by atoms with Gasteiger partial charge in [0.15, 0.2) is 0 Å². The normalized spacial score (nSPS) is 17.5. The number of benzene rings is 2. The highest BCUT2D eigenvalue weighted by Crippen LogP contribution is 2.30. The first-order chi connectivity index (χ1) is 14.3. The molecule has 2 amide bonds. The van der Waals surface area contributed by atoms with Crippen LogP contribution in [-0.4, -0.2) is 39.4 Å². The lowest BCUT2D eigenvalue weighted by Crippen LogP contribution is -2.19. The van der Waals surface area contributed by atoms with Gasteiger partial charge in [-0.3, -0.25) is 19.2 Å². The molecule has 2 aromatic carbocycles. The predicted octanol–water partition coefficient (Wildman–Crippen LogP) is 2.97. The monoisotopic (exact) mass is 404 g/mol. The van der Waals surface area contributed by atoms with Crippen molar-refractivity contribution in [2.45, 2.75) is 0 Å². The van der Waals surface area contributed by atoms with Crippen LogP contribution in [0.1, 0.15) is 41.4 Å². The molecule has 2 aromatic rings. The molecule has 30 heavy (non-hydrogen) atoms. The van der Waals surface area contributed by atoms with Gasteiger partial charge < -0.3 is 20.8 Å². The van der Waals surface area contributed by atoms with Crippen molar-refractivity contribution in [3.63, 3.8) is 0 Å². The molecule has 0 aromatic heterocycles. The Morgan fingerprint density at radius 2 is 1.00 bits per heavy atom. The zero-order chi connectivity index (χ0) is 21.6. The number of rotatable bonds is 2. The molecule has 0 bridgehead atoms. The number of nitrogens with one attached hydrogen (secondary N) is 2. The number of urea groups is 1. The zero-order valence-corrected chi connectivity index (χ0v) is 15.1. The van der Waals surface area contributed by atoms with Crippen LogP contribution in [0.3, 0.4) is 0 Å². The van der Waals surface area contributed by atoms with Crippen LogP contribution in [0.15, 0.2) is 60.1 Å². The van der Waals surface area contributed by atoms with Crippen molar-refractivity contribution in [3.05, 3.63) is 82.3 Å². The maximum atomic E-state index is 12.3. The number of Topliss-reactive ketones (excluding diaryl/α,β-unsaturated/α-hetero) is 4. The van der Waals surface area contributed by atoms with Crippen molar-refractivity contribution in [1.29, 1.82) is 0 Å². The molecular weight excluding hydrogens is 392 g/mol. The minimum atomic E-state index is -0.695. The van der Waals surface area contributed by atoms with Crippen molar-refractivity contribution < 1.29 is 34.2 Å². The van der Waals surface area contributed by atoms with Crippen LogP contribution in [-0.2, 0) is 0 Å². The molecular formula is C21H12N2O7. The molecule has 9 nitrogen and oxygen atoms in total. The molecule has 0 saturated heterocycles. The Morgan fingerprint density at radius 3 is 1.37 bits per heavy atom. The van der Waals surface area contributed by atoms with E-state index in [4.69, 9.17) is 10.2 Å². The summed E-state index contributed by atoms with van der Waals surface area (Å²) in [6, 6.07) is 7.51. The van der Waals surface area contributed by atoms with E-state index in [1.165, 1.54) is 36.4 Å². The molecule has 148 valence electrons. The molecule has 0 unspecified atom stereocenters. The molecule has 2 aliphatic rings. The van der Waals surface area contributed by atoms with Crippen molar-refractivity contribution in [2.75, 3.05) is 10.6 Å². The highest BCUT2D eigenvalue weighted by molar-refractivity contribution is 6.40. The summed E-state index contributed by atoms with van der Waals surface area (Å²) < 4.78 is 0. The van der Waals surface area contributed by atoms with E-state index < -0.39 is 29.2 Å². The fourth-order valence-corrected chi connectivity index (χ4v) is 3.33. The summed E-state index contributed by atoms with van der Waals surface area (Å²) >= 11 is 0. The zero-order valence-electron chi connectivity index (χ0n) is 15.1. The third-order valence-corrected chi connectivity index (χ3v) is 4.77. The van der Waals surface area contributed by atoms with Gasteiger partial charge in [0.2, 0.25) is 23.1 Å². The minimum Gasteiger partial charge on any atom is -0.515 e. The van der Waals surface area contributed by atoms with E-state index in [9.17, 15) is 24.0 Å². The number of allylic oxidation sites excluding steroid dienone is 2.